The molecule has 3 N–H and O–H groups in total. The molecule has 0 bridgehead atoms. The van der Waals surface area contributed by atoms with Gasteiger partial charge in [-0.25, -0.2) is 4.79 Å². The fraction of sp³-hybridized carbons (Fsp3) is 0.412. The maximum atomic E-state index is 12.0. The van der Waals surface area contributed by atoms with Crippen LogP contribution in [0.2, 0.25) is 0 Å². The Hall–Kier alpha value is -2.30. The molecule has 0 aliphatic rings. The van der Waals surface area contributed by atoms with Gasteiger partial charge in [-0.05, 0) is 24.0 Å². The Morgan fingerprint density at radius 1 is 1.32 bits per heavy atom. The topological polar surface area (TPSA) is 82.2 Å². The third kappa shape index (κ3) is 3.67. The fourth-order valence-corrected chi connectivity index (χ4v) is 2.52. The number of para-hydroxylation sites is 1. The summed E-state index contributed by atoms with van der Waals surface area (Å²) in [5.41, 5.74) is 2.11. The van der Waals surface area contributed by atoms with E-state index in [9.17, 15) is 14.7 Å². The van der Waals surface area contributed by atoms with Crippen molar-refractivity contribution in [2.24, 2.45) is 5.92 Å². The van der Waals surface area contributed by atoms with Crippen molar-refractivity contribution in [1.82, 2.24) is 10.3 Å². The molecule has 0 radical (unpaired) electrons. The van der Waals surface area contributed by atoms with Crippen LogP contribution in [0, 0.1) is 5.92 Å². The predicted molar refractivity (Wildman–Crippen MR) is 85.6 cm³/mol. The number of aryl methyl sites for hydroxylation is 1. The number of carbonyl (C=O) groups is 2. The maximum Gasteiger partial charge on any atom is 0.326 e. The summed E-state index contributed by atoms with van der Waals surface area (Å²) >= 11 is 0. The lowest BCUT2D eigenvalue weighted by Crippen LogP contribution is -2.45. The predicted octanol–water partition coefficient (Wildman–Crippen LogP) is 2.72. The number of fused-ring (bicyclic) bond motifs is 1. The molecule has 5 heteroatoms. The largest absolute Gasteiger partial charge is 0.480 e. The first-order valence-corrected chi connectivity index (χ1v) is 7.60. The zero-order chi connectivity index (χ0) is 16.1. The number of hydrogen-bond donors (Lipinski definition) is 3. The van der Waals surface area contributed by atoms with Gasteiger partial charge in [-0.3, -0.25) is 4.79 Å². The Bertz CT molecular complexity index is 663. The van der Waals surface area contributed by atoms with Gasteiger partial charge in [0.05, 0.1) is 0 Å². The van der Waals surface area contributed by atoms with E-state index in [2.05, 4.69) is 10.3 Å². The number of carboxylic acid groups (broad SMARTS) is 1. The lowest BCUT2D eigenvalue weighted by molar-refractivity contribution is -0.143. The van der Waals surface area contributed by atoms with Crippen LogP contribution in [0.15, 0.2) is 30.5 Å². The van der Waals surface area contributed by atoms with Crippen molar-refractivity contribution in [3.8, 4) is 0 Å². The normalized spacial score (nSPS) is 13.7. The van der Waals surface area contributed by atoms with Crippen molar-refractivity contribution < 1.29 is 14.7 Å². The number of aromatic nitrogens is 1. The molecular formula is C17H22N2O3. The monoisotopic (exact) mass is 302 g/mol. The molecule has 0 unspecified atom stereocenters. The van der Waals surface area contributed by atoms with Gasteiger partial charge in [0.1, 0.15) is 6.04 Å². The summed E-state index contributed by atoms with van der Waals surface area (Å²) < 4.78 is 0. The Morgan fingerprint density at radius 2 is 2.05 bits per heavy atom. The average molecular weight is 302 g/mol. The van der Waals surface area contributed by atoms with E-state index in [4.69, 9.17) is 0 Å². The molecule has 1 heterocycles. The molecule has 1 aromatic heterocycles. The molecule has 2 atom stereocenters. The number of benzene rings is 1. The molecular weight excluding hydrogens is 280 g/mol. The van der Waals surface area contributed by atoms with Crippen molar-refractivity contribution in [3.05, 3.63) is 36.0 Å². The number of carboxylic acids is 1. The van der Waals surface area contributed by atoms with Gasteiger partial charge >= 0.3 is 5.97 Å². The highest BCUT2D eigenvalue weighted by molar-refractivity contribution is 5.86. The maximum absolute atomic E-state index is 12.0. The van der Waals surface area contributed by atoms with E-state index in [0.29, 0.717) is 12.8 Å². The number of nitrogens with one attached hydrogen (secondary N) is 2. The molecule has 118 valence electrons. The molecule has 2 aromatic rings. The molecule has 0 saturated heterocycles. The molecule has 1 amide bonds. The number of amides is 1. The van der Waals surface area contributed by atoms with Crippen molar-refractivity contribution in [2.75, 3.05) is 0 Å². The molecule has 0 aliphatic carbocycles. The Morgan fingerprint density at radius 3 is 2.73 bits per heavy atom. The van der Waals surface area contributed by atoms with Crippen LogP contribution in [0.4, 0.5) is 0 Å². The smallest absolute Gasteiger partial charge is 0.326 e. The molecule has 0 spiro atoms. The summed E-state index contributed by atoms with van der Waals surface area (Å²) in [6.07, 6.45) is 3.48. The van der Waals surface area contributed by atoms with Gasteiger partial charge in [0.2, 0.25) is 5.91 Å². The highest BCUT2D eigenvalue weighted by atomic mass is 16.4. The van der Waals surface area contributed by atoms with Crippen molar-refractivity contribution in [1.29, 1.82) is 0 Å². The number of carbonyl (C=O) groups excluding carboxylic acids is 1. The number of aromatic amines is 1. The van der Waals surface area contributed by atoms with E-state index in [-0.39, 0.29) is 18.2 Å². The first-order valence-electron chi connectivity index (χ1n) is 7.60. The number of rotatable bonds is 7. The zero-order valence-electron chi connectivity index (χ0n) is 12.9. The molecule has 0 aliphatic heterocycles. The van der Waals surface area contributed by atoms with E-state index >= 15 is 0 Å². The van der Waals surface area contributed by atoms with Gasteiger partial charge in [0.25, 0.3) is 0 Å². The van der Waals surface area contributed by atoms with Crippen molar-refractivity contribution >= 4 is 22.8 Å². The zero-order valence-corrected chi connectivity index (χ0v) is 12.9. The minimum atomic E-state index is -0.977. The molecule has 1 aromatic carbocycles. The van der Waals surface area contributed by atoms with Gasteiger partial charge in [-0.1, -0.05) is 38.5 Å². The van der Waals surface area contributed by atoms with Gasteiger partial charge < -0.3 is 15.4 Å². The fourth-order valence-electron chi connectivity index (χ4n) is 2.52. The lowest BCUT2D eigenvalue weighted by Gasteiger charge is -2.20. The second-order valence-electron chi connectivity index (χ2n) is 5.63. The van der Waals surface area contributed by atoms with E-state index in [0.717, 1.165) is 16.5 Å². The van der Waals surface area contributed by atoms with E-state index in [1.165, 1.54) is 0 Å². The van der Waals surface area contributed by atoms with Gasteiger partial charge in [-0.15, -0.1) is 0 Å². The van der Waals surface area contributed by atoms with E-state index in [1.54, 1.807) is 0 Å². The van der Waals surface area contributed by atoms with Crippen LogP contribution in [-0.2, 0) is 16.0 Å². The second-order valence-corrected chi connectivity index (χ2v) is 5.63. The second kappa shape index (κ2) is 7.11. The summed E-state index contributed by atoms with van der Waals surface area (Å²) in [6, 6.07) is 7.10. The quantitative estimate of drug-likeness (QED) is 0.735. The minimum absolute atomic E-state index is 0.0884. The highest BCUT2D eigenvalue weighted by Gasteiger charge is 2.25. The molecule has 5 nitrogen and oxygen atoms in total. The SMILES string of the molecule is CC[C@@H](C)[C@@H](NC(=O)CCc1c[nH]c2ccccc12)C(=O)O. The number of aliphatic carboxylic acids is 1. The number of H-pyrrole nitrogens is 1. The lowest BCUT2D eigenvalue weighted by atomic mass is 9.99. The number of hydrogen-bond acceptors (Lipinski definition) is 2. The van der Waals surface area contributed by atoms with Crippen LogP contribution in [0.1, 0.15) is 32.3 Å². The van der Waals surface area contributed by atoms with Gasteiger partial charge in [0, 0.05) is 23.5 Å². The highest BCUT2D eigenvalue weighted by Crippen LogP contribution is 2.19. The van der Waals surface area contributed by atoms with Crippen molar-refractivity contribution in [3.63, 3.8) is 0 Å². The Balaban J connectivity index is 1.96. The average Bonchev–Trinajstić information content (AvgIpc) is 2.93. The summed E-state index contributed by atoms with van der Waals surface area (Å²) in [4.78, 5) is 26.4. The molecule has 0 fully saturated rings. The van der Waals surface area contributed by atoms with Crippen LogP contribution in [0.25, 0.3) is 10.9 Å². The summed E-state index contributed by atoms with van der Waals surface area (Å²) in [5.74, 6) is -1.29. The minimum Gasteiger partial charge on any atom is -0.480 e. The molecule has 22 heavy (non-hydrogen) atoms. The Kier molecular flexibility index (Phi) is 5.20. The molecule has 2 rings (SSSR count). The summed E-state index contributed by atoms with van der Waals surface area (Å²) in [6.45, 7) is 3.75. The first kappa shape index (κ1) is 16.1. The van der Waals surface area contributed by atoms with Crippen LogP contribution < -0.4 is 5.32 Å². The third-order valence-electron chi connectivity index (χ3n) is 4.09. The van der Waals surface area contributed by atoms with Crippen molar-refractivity contribution in [2.45, 2.75) is 39.2 Å². The van der Waals surface area contributed by atoms with Crippen LogP contribution >= 0.6 is 0 Å². The third-order valence-corrected chi connectivity index (χ3v) is 4.09. The first-order chi connectivity index (χ1) is 10.5. The standard InChI is InChI=1S/C17H22N2O3/c1-3-11(2)16(17(21)22)19-15(20)9-8-12-10-18-14-7-5-4-6-13(12)14/h4-7,10-11,16,18H,3,8-9H2,1-2H3,(H,19,20)(H,21,22)/t11-,16-/m1/s1. The molecule has 0 saturated carbocycles. The van der Waals surface area contributed by atoms with Crippen LogP contribution in [0.3, 0.4) is 0 Å². The van der Waals surface area contributed by atoms with Gasteiger partial charge in [0.15, 0.2) is 0 Å². The Labute approximate surface area is 129 Å². The van der Waals surface area contributed by atoms with E-state index in [1.807, 2.05) is 44.3 Å². The van der Waals surface area contributed by atoms with Gasteiger partial charge in [-0.2, -0.15) is 0 Å². The van der Waals surface area contributed by atoms with Crippen LogP contribution in [-0.4, -0.2) is 28.0 Å². The van der Waals surface area contributed by atoms with E-state index < -0.39 is 12.0 Å². The summed E-state index contributed by atoms with van der Waals surface area (Å²) in [7, 11) is 0. The summed E-state index contributed by atoms with van der Waals surface area (Å²) in [5, 5.41) is 12.9. The van der Waals surface area contributed by atoms with Crippen LogP contribution in [0.5, 0.6) is 0 Å².